The normalized spacial score (nSPS) is 14.3. The van der Waals surface area contributed by atoms with Crippen LogP contribution in [-0.2, 0) is 0 Å². The highest BCUT2D eigenvalue weighted by Crippen LogP contribution is 2.39. The van der Waals surface area contributed by atoms with E-state index in [2.05, 4.69) is 24.6 Å². The third kappa shape index (κ3) is 6.79. The van der Waals surface area contributed by atoms with Crippen LogP contribution in [0.4, 0.5) is 10.1 Å². The van der Waals surface area contributed by atoms with Gasteiger partial charge < -0.3 is 4.90 Å². The Morgan fingerprint density at radius 2 is 1.63 bits per heavy atom. The zero-order valence-electron chi connectivity index (χ0n) is 19.7. The first-order chi connectivity index (χ1) is 12.8. The predicted octanol–water partition coefficient (Wildman–Crippen LogP) is 8.18. The summed E-state index contributed by atoms with van der Waals surface area (Å²) in [7, 11) is 0. The SMILES string of the molecule is C=C1c2cc(C)ccc2N=C(C(C)(F)C(C)C)N1CCC.CC.CC.CC. The number of amidine groups is 1. The molecule has 0 bridgehead atoms. The van der Waals surface area contributed by atoms with Crippen molar-refractivity contribution in [1.82, 2.24) is 4.90 Å². The van der Waals surface area contributed by atoms with Crippen LogP contribution in [0.5, 0.6) is 0 Å². The molecular weight excluding hydrogens is 335 g/mol. The molecule has 0 fully saturated rings. The number of fused-ring (bicyclic) bond motifs is 1. The number of hydrogen-bond acceptors (Lipinski definition) is 2. The van der Waals surface area contributed by atoms with E-state index in [1.807, 2.05) is 79.3 Å². The fourth-order valence-corrected chi connectivity index (χ4v) is 2.52. The summed E-state index contributed by atoms with van der Waals surface area (Å²) in [6.07, 6.45) is 0.924. The third-order valence-corrected chi connectivity index (χ3v) is 4.24. The molecular formula is C24H43FN2. The monoisotopic (exact) mass is 378 g/mol. The van der Waals surface area contributed by atoms with Crippen molar-refractivity contribution in [3.8, 4) is 0 Å². The summed E-state index contributed by atoms with van der Waals surface area (Å²) in [6.45, 7) is 26.5. The largest absolute Gasteiger partial charge is 0.327 e. The lowest BCUT2D eigenvalue weighted by Gasteiger charge is -2.39. The second-order valence-corrected chi connectivity index (χ2v) is 6.28. The zero-order chi connectivity index (χ0) is 21.8. The van der Waals surface area contributed by atoms with Gasteiger partial charge >= 0.3 is 0 Å². The maximum absolute atomic E-state index is 15.2. The van der Waals surface area contributed by atoms with Gasteiger partial charge in [0, 0.05) is 17.8 Å². The van der Waals surface area contributed by atoms with Crippen LogP contribution in [0, 0.1) is 12.8 Å². The molecule has 0 spiro atoms. The van der Waals surface area contributed by atoms with Gasteiger partial charge in [0.1, 0.15) is 5.84 Å². The lowest BCUT2D eigenvalue weighted by atomic mass is 9.90. The van der Waals surface area contributed by atoms with Crippen molar-refractivity contribution in [3.63, 3.8) is 0 Å². The van der Waals surface area contributed by atoms with Crippen molar-refractivity contribution < 1.29 is 4.39 Å². The molecule has 1 atom stereocenters. The van der Waals surface area contributed by atoms with E-state index >= 15 is 4.39 Å². The Bertz CT molecular complexity index is 586. The Balaban J connectivity index is 0. The van der Waals surface area contributed by atoms with Crippen LogP contribution in [0.25, 0.3) is 5.70 Å². The van der Waals surface area contributed by atoms with E-state index in [-0.39, 0.29) is 5.92 Å². The van der Waals surface area contributed by atoms with E-state index in [0.29, 0.717) is 5.84 Å². The lowest BCUT2D eigenvalue weighted by molar-refractivity contribution is 0.191. The average Bonchev–Trinajstić information content (AvgIpc) is 2.69. The molecule has 1 aromatic rings. The van der Waals surface area contributed by atoms with Gasteiger partial charge in [-0.15, -0.1) is 0 Å². The van der Waals surface area contributed by atoms with Crippen LogP contribution >= 0.6 is 0 Å². The Hall–Kier alpha value is -1.64. The summed E-state index contributed by atoms with van der Waals surface area (Å²) in [5.41, 5.74) is 2.37. The summed E-state index contributed by atoms with van der Waals surface area (Å²) in [4.78, 5) is 6.58. The maximum atomic E-state index is 15.2. The second-order valence-electron chi connectivity index (χ2n) is 6.28. The highest BCUT2D eigenvalue weighted by Gasteiger charge is 2.40. The van der Waals surface area contributed by atoms with Crippen molar-refractivity contribution in [2.45, 2.75) is 88.3 Å². The van der Waals surface area contributed by atoms with E-state index in [1.54, 1.807) is 6.92 Å². The molecule has 1 aromatic carbocycles. The molecule has 3 heteroatoms. The number of halogens is 1. The third-order valence-electron chi connectivity index (χ3n) is 4.24. The minimum atomic E-state index is -1.47. The molecule has 2 nitrogen and oxygen atoms in total. The number of hydrogen-bond donors (Lipinski definition) is 0. The molecule has 1 heterocycles. The van der Waals surface area contributed by atoms with E-state index < -0.39 is 5.67 Å². The van der Waals surface area contributed by atoms with Crippen LogP contribution in [-0.4, -0.2) is 22.9 Å². The topological polar surface area (TPSA) is 15.6 Å². The lowest BCUT2D eigenvalue weighted by Crippen LogP contribution is -2.47. The van der Waals surface area contributed by atoms with Gasteiger partial charge in [-0.3, -0.25) is 0 Å². The van der Waals surface area contributed by atoms with E-state index in [9.17, 15) is 0 Å². The summed E-state index contributed by atoms with van der Waals surface area (Å²) in [5, 5.41) is 0. The van der Waals surface area contributed by atoms with Gasteiger partial charge in [-0.05, 0) is 38.3 Å². The summed E-state index contributed by atoms with van der Waals surface area (Å²) < 4.78 is 15.2. The number of aliphatic imine (C=N–C) groups is 1. The Labute approximate surface area is 168 Å². The molecule has 0 aromatic heterocycles. The van der Waals surface area contributed by atoms with Crippen molar-refractivity contribution in [3.05, 3.63) is 35.9 Å². The highest BCUT2D eigenvalue weighted by atomic mass is 19.1. The molecule has 0 saturated carbocycles. The fraction of sp³-hybridized carbons (Fsp3) is 0.625. The quantitative estimate of drug-likeness (QED) is 0.515. The summed E-state index contributed by atoms with van der Waals surface area (Å²) >= 11 is 0. The first-order valence-corrected chi connectivity index (χ1v) is 10.6. The minimum absolute atomic E-state index is 0.143. The van der Waals surface area contributed by atoms with Crippen molar-refractivity contribution in [1.29, 1.82) is 0 Å². The van der Waals surface area contributed by atoms with Gasteiger partial charge in [-0.1, -0.05) is 80.5 Å². The smallest absolute Gasteiger partial charge is 0.167 e. The maximum Gasteiger partial charge on any atom is 0.167 e. The van der Waals surface area contributed by atoms with E-state index in [4.69, 9.17) is 0 Å². The van der Waals surface area contributed by atoms with Crippen LogP contribution in [0.1, 0.15) is 86.8 Å². The first-order valence-electron chi connectivity index (χ1n) is 10.6. The Morgan fingerprint density at radius 3 is 2.07 bits per heavy atom. The van der Waals surface area contributed by atoms with E-state index in [1.165, 1.54) is 0 Å². The second kappa shape index (κ2) is 13.5. The number of alkyl halides is 1. The zero-order valence-corrected chi connectivity index (χ0v) is 19.7. The number of nitrogens with zero attached hydrogens (tertiary/aromatic N) is 2. The molecule has 1 unspecified atom stereocenters. The molecule has 2 rings (SSSR count). The van der Waals surface area contributed by atoms with Gasteiger partial charge in [-0.2, -0.15) is 0 Å². The molecule has 156 valence electrons. The molecule has 0 aliphatic carbocycles. The Kier molecular flexibility index (Phi) is 13.8. The van der Waals surface area contributed by atoms with Gasteiger partial charge in [0.15, 0.2) is 5.67 Å². The van der Waals surface area contributed by atoms with Crippen molar-refractivity contribution in [2.24, 2.45) is 10.9 Å². The summed E-state index contributed by atoms with van der Waals surface area (Å²) in [5.74, 6) is 0.344. The molecule has 0 saturated heterocycles. The van der Waals surface area contributed by atoms with Crippen molar-refractivity contribution >= 4 is 17.2 Å². The number of rotatable bonds is 4. The average molecular weight is 379 g/mol. The van der Waals surface area contributed by atoms with Crippen LogP contribution in [0.15, 0.2) is 29.8 Å². The molecule has 0 amide bonds. The molecule has 0 radical (unpaired) electrons. The Morgan fingerprint density at radius 1 is 1.11 bits per heavy atom. The van der Waals surface area contributed by atoms with E-state index in [0.717, 1.165) is 35.5 Å². The fourth-order valence-electron chi connectivity index (χ4n) is 2.52. The highest BCUT2D eigenvalue weighted by molar-refractivity contribution is 6.02. The van der Waals surface area contributed by atoms with Crippen LogP contribution < -0.4 is 0 Å². The number of benzene rings is 1. The van der Waals surface area contributed by atoms with Crippen LogP contribution in [0.3, 0.4) is 0 Å². The minimum Gasteiger partial charge on any atom is -0.327 e. The van der Waals surface area contributed by atoms with Gasteiger partial charge in [0.25, 0.3) is 0 Å². The van der Waals surface area contributed by atoms with Gasteiger partial charge in [0.2, 0.25) is 0 Å². The standard InChI is InChI=1S/C18H25FN2.3C2H6/c1-7-10-21-14(5)15-11-13(4)8-9-16(15)20-17(21)18(6,19)12(2)3;3*1-2/h8-9,11-12H,5,7,10H2,1-4,6H3;3*1-2H3. The van der Waals surface area contributed by atoms with Crippen LogP contribution in [0.2, 0.25) is 0 Å². The molecule has 0 N–H and O–H groups in total. The van der Waals surface area contributed by atoms with Gasteiger partial charge in [-0.25, -0.2) is 9.38 Å². The molecule has 27 heavy (non-hydrogen) atoms. The molecule has 1 aliphatic rings. The van der Waals surface area contributed by atoms with Gasteiger partial charge in [0.05, 0.1) is 5.69 Å². The number of aryl methyl sites for hydroxylation is 1. The summed E-state index contributed by atoms with van der Waals surface area (Å²) in [6, 6.07) is 6.04. The predicted molar refractivity (Wildman–Crippen MR) is 123 cm³/mol. The van der Waals surface area contributed by atoms with Crippen molar-refractivity contribution in [2.75, 3.05) is 6.54 Å². The molecule has 1 aliphatic heterocycles. The first kappa shape index (κ1) is 27.6.